The molecule has 0 aromatic carbocycles. The van der Waals surface area contributed by atoms with Crippen LogP contribution >= 0.6 is 0 Å². The van der Waals surface area contributed by atoms with Crippen LogP contribution in [0, 0.1) is 11.3 Å². The fourth-order valence-corrected chi connectivity index (χ4v) is 4.67. The molecule has 2 fully saturated rings. The molecule has 4 heterocycles. The second kappa shape index (κ2) is 10.9. The van der Waals surface area contributed by atoms with Gasteiger partial charge in [-0.3, -0.25) is 14.5 Å². The molecule has 36 heavy (non-hydrogen) atoms. The number of alkyl halides is 3. The van der Waals surface area contributed by atoms with Gasteiger partial charge < -0.3 is 15.1 Å². The number of nitrogens with one attached hydrogen (secondary N) is 2. The van der Waals surface area contributed by atoms with Crippen molar-refractivity contribution in [3.8, 4) is 6.07 Å². The third-order valence-corrected chi connectivity index (χ3v) is 6.57. The van der Waals surface area contributed by atoms with E-state index in [1.54, 1.807) is 12.3 Å². The number of carbonyl (C=O) groups is 1. The van der Waals surface area contributed by atoms with Crippen molar-refractivity contribution in [3.63, 3.8) is 0 Å². The topological polar surface area (TPSA) is 121 Å². The lowest BCUT2D eigenvalue weighted by Gasteiger charge is -2.35. The number of anilines is 2. The van der Waals surface area contributed by atoms with Crippen LogP contribution in [0.1, 0.15) is 30.4 Å². The maximum absolute atomic E-state index is 13.5. The number of hydrogen-bond acceptors (Lipinski definition) is 8. The number of piperazine rings is 1. The van der Waals surface area contributed by atoms with Crippen molar-refractivity contribution >= 4 is 17.4 Å². The van der Waals surface area contributed by atoms with E-state index in [0.717, 1.165) is 38.2 Å². The number of H-pyrrole nitrogens is 1. The van der Waals surface area contributed by atoms with Crippen LogP contribution in [0.3, 0.4) is 0 Å². The first kappa shape index (κ1) is 25.4. The molecule has 2 aromatic rings. The van der Waals surface area contributed by atoms with E-state index >= 15 is 0 Å². The zero-order valence-electron chi connectivity index (χ0n) is 19.6. The van der Waals surface area contributed by atoms with Crippen LogP contribution in [0.5, 0.6) is 0 Å². The van der Waals surface area contributed by atoms with E-state index in [1.165, 1.54) is 4.90 Å². The minimum absolute atomic E-state index is 0.168. The van der Waals surface area contributed by atoms with E-state index in [0.29, 0.717) is 31.5 Å². The van der Waals surface area contributed by atoms with Crippen LogP contribution in [0.25, 0.3) is 0 Å². The maximum atomic E-state index is 13.5. The van der Waals surface area contributed by atoms with Gasteiger partial charge in [-0.05, 0) is 25.0 Å². The highest BCUT2D eigenvalue weighted by Crippen LogP contribution is 2.36. The van der Waals surface area contributed by atoms with Gasteiger partial charge in [-0.2, -0.15) is 23.5 Å². The summed E-state index contributed by atoms with van der Waals surface area (Å²) in [4.78, 5) is 34.4. The summed E-state index contributed by atoms with van der Waals surface area (Å²) >= 11 is 0. The van der Waals surface area contributed by atoms with Gasteiger partial charge in [0.1, 0.15) is 17.5 Å². The fourth-order valence-electron chi connectivity index (χ4n) is 4.67. The number of nitrogens with zero attached hydrogens (tertiary/aromatic N) is 6. The predicted molar refractivity (Wildman–Crippen MR) is 125 cm³/mol. The number of aromatic amines is 1. The summed E-state index contributed by atoms with van der Waals surface area (Å²) in [5.74, 6) is 0.648. The van der Waals surface area contributed by atoms with E-state index in [9.17, 15) is 22.8 Å². The number of pyridine rings is 1. The average molecular weight is 505 g/mol. The van der Waals surface area contributed by atoms with Crippen LogP contribution in [-0.4, -0.2) is 77.8 Å². The van der Waals surface area contributed by atoms with Crippen molar-refractivity contribution in [3.05, 3.63) is 46.0 Å². The summed E-state index contributed by atoms with van der Waals surface area (Å²) in [6, 6.07) is 5.27. The lowest BCUT2D eigenvalue weighted by atomic mass is 10.1. The third-order valence-electron chi connectivity index (χ3n) is 6.57. The molecule has 2 aromatic heterocycles. The zero-order valence-corrected chi connectivity index (χ0v) is 19.6. The monoisotopic (exact) mass is 504 g/mol. The van der Waals surface area contributed by atoms with E-state index < -0.39 is 17.3 Å². The molecular formula is C23H27F3N8O2. The molecule has 10 nitrogen and oxygen atoms in total. The van der Waals surface area contributed by atoms with Gasteiger partial charge in [0.05, 0.1) is 17.4 Å². The first-order chi connectivity index (χ1) is 17.3. The molecule has 0 aliphatic carbocycles. The molecule has 4 rings (SSSR count). The largest absolute Gasteiger partial charge is 0.423 e. The van der Waals surface area contributed by atoms with Crippen LogP contribution in [-0.2, 0) is 11.0 Å². The first-order valence-electron chi connectivity index (χ1n) is 11.8. The summed E-state index contributed by atoms with van der Waals surface area (Å²) in [6.45, 7) is 4.16. The Labute approximate surface area is 205 Å². The average Bonchev–Trinajstić information content (AvgIpc) is 3.34. The third kappa shape index (κ3) is 5.93. The molecule has 0 radical (unpaired) electrons. The zero-order chi connectivity index (χ0) is 25.7. The van der Waals surface area contributed by atoms with Gasteiger partial charge in [0, 0.05) is 64.5 Å². The smallest absolute Gasteiger partial charge is 0.365 e. The van der Waals surface area contributed by atoms with Crippen LogP contribution in [0.2, 0.25) is 0 Å². The Hall–Kier alpha value is -3.66. The van der Waals surface area contributed by atoms with Crippen molar-refractivity contribution in [2.24, 2.45) is 0 Å². The van der Waals surface area contributed by atoms with E-state index in [2.05, 4.69) is 25.2 Å². The van der Waals surface area contributed by atoms with Crippen LogP contribution < -0.4 is 20.7 Å². The van der Waals surface area contributed by atoms with Gasteiger partial charge in [-0.15, -0.1) is 0 Å². The molecule has 2 aliphatic heterocycles. The van der Waals surface area contributed by atoms with Crippen molar-refractivity contribution in [1.29, 1.82) is 5.26 Å². The van der Waals surface area contributed by atoms with Crippen molar-refractivity contribution in [2.45, 2.75) is 31.5 Å². The minimum Gasteiger partial charge on any atom is -0.365 e. The number of amides is 1. The second-order valence-corrected chi connectivity index (χ2v) is 8.85. The lowest BCUT2D eigenvalue weighted by molar-refractivity contribution is -0.138. The molecule has 1 atom stereocenters. The Balaban J connectivity index is 1.24. The van der Waals surface area contributed by atoms with Gasteiger partial charge in [0.15, 0.2) is 0 Å². The summed E-state index contributed by atoms with van der Waals surface area (Å²) in [6.07, 6.45) is -0.686. The number of hydrogen-bond donors (Lipinski definition) is 2. The number of nitriles is 1. The summed E-state index contributed by atoms with van der Waals surface area (Å²) in [5.41, 5.74) is -2.27. The summed E-state index contributed by atoms with van der Waals surface area (Å²) in [5, 5.41) is 17.1. The summed E-state index contributed by atoms with van der Waals surface area (Å²) < 4.78 is 40.4. The summed E-state index contributed by atoms with van der Waals surface area (Å²) in [7, 11) is 0. The van der Waals surface area contributed by atoms with Gasteiger partial charge in [0.2, 0.25) is 5.91 Å². The molecule has 2 aliphatic rings. The van der Waals surface area contributed by atoms with E-state index in [-0.39, 0.29) is 30.6 Å². The Morgan fingerprint density at radius 3 is 2.64 bits per heavy atom. The van der Waals surface area contributed by atoms with Crippen molar-refractivity contribution in [2.75, 3.05) is 55.6 Å². The highest BCUT2D eigenvalue weighted by atomic mass is 19.4. The quantitative estimate of drug-likeness (QED) is 0.580. The highest BCUT2D eigenvalue weighted by molar-refractivity contribution is 5.76. The Morgan fingerprint density at radius 1 is 1.19 bits per heavy atom. The number of aromatic nitrogens is 3. The van der Waals surface area contributed by atoms with Gasteiger partial charge in [-0.1, -0.05) is 0 Å². The first-order valence-corrected chi connectivity index (χ1v) is 11.8. The molecule has 2 N–H and O–H groups in total. The standard InChI is InChI=1S/C23H27F3N8O2/c24-23(25,26)21-18(15-30-31-22(21)36)34-6-1-2-17(34)14-29-20(35)5-7-32-8-10-33(11-9-32)19-4-3-16(12-27)13-28-19/h3-4,13,15,17H,1-2,5-11,14H2,(H,29,35)(H,31,36)/t17-/m0/s1. The van der Waals surface area contributed by atoms with E-state index in [1.807, 2.05) is 17.2 Å². The number of carbonyl (C=O) groups excluding carboxylic acids is 1. The van der Waals surface area contributed by atoms with Gasteiger partial charge in [-0.25, -0.2) is 10.1 Å². The Bertz CT molecular complexity index is 1150. The highest BCUT2D eigenvalue weighted by Gasteiger charge is 2.40. The fraction of sp³-hybridized carbons (Fsp3) is 0.522. The normalized spacial score (nSPS) is 18.8. The number of rotatable bonds is 7. The maximum Gasteiger partial charge on any atom is 0.423 e. The molecule has 13 heteroatoms. The van der Waals surface area contributed by atoms with Crippen LogP contribution in [0.4, 0.5) is 24.7 Å². The van der Waals surface area contributed by atoms with Crippen molar-refractivity contribution < 1.29 is 18.0 Å². The molecule has 0 bridgehead atoms. The SMILES string of the molecule is N#Cc1ccc(N2CCN(CCC(=O)NC[C@@H]3CCCN3c3cn[nH]c(=O)c3C(F)(F)F)CC2)nc1. The van der Waals surface area contributed by atoms with Gasteiger partial charge >= 0.3 is 6.18 Å². The van der Waals surface area contributed by atoms with Crippen molar-refractivity contribution in [1.82, 2.24) is 25.4 Å². The predicted octanol–water partition coefficient (Wildman–Crippen LogP) is 1.35. The Morgan fingerprint density at radius 2 is 1.97 bits per heavy atom. The molecule has 0 spiro atoms. The molecule has 2 saturated heterocycles. The van der Waals surface area contributed by atoms with Gasteiger partial charge in [0.25, 0.3) is 5.56 Å². The lowest BCUT2D eigenvalue weighted by Crippen LogP contribution is -2.48. The number of halogens is 3. The minimum atomic E-state index is -4.80. The Kier molecular flexibility index (Phi) is 7.73. The molecule has 0 saturated carbocycles. The molecular weight excluding hydrogens is 477 g/mol. The van der Waals surface area contributed by atoms with E-state index in [4.69, 9.17) is 5.26 Å². The molecule has 1 amide bonds. The molecule has 192 valence electrons. The van der Waals surface area contributed by atoms with Crippen LogP contribution in [0.15, 0.2) is 29.3 Å². The molecule has 0 unspecified atom stereocenters. The second-order valence-electron chi connectivity index (χ2n) is 8.85.